The number of hydrogen-bond donors (Lipinski definition) is 0. The number of benzene rings is 2. The molecule has 0 atom stereocenters. The molecule has 6 nitrogen and oxygen atoms in total. The highest BCUT2D eigenvalue weighted by Gasteiger charge is 2.22. The van der Waals surface area contributed by atoms with Crippen molar-refractivity contribution >= 4 is 32.6 Å². The third-order valence-corrected chi connectivity index (χ3v) is 5.38. The number of rotatable bonds is 9. The second kappa shape index (κ2) is 9.71. The van der Waals surface area contributed by atoms with Gasteiger partial charge in [-0.2, -0.15) is 0 Å². The zero-order chi connectivity index (χ0) is 20.8. The molecule has 0 saturated heterocycles. The largest absolute Gasteiger partial charge is 0.490 e. The minimum absolute atomic E-state index is 0.102. The van der Waals surface area contributed by atoms with Gasteiger partial charge in [-0.15, -0.1) is 0 Å². The van der Waals surface area contributed by atoms with Gasteiger partial charge in [0, 0.05) is 18.7 Å². The van der Waals surface area contributed by atoms with Gasteiger partial charge in [-0.05, 0) is 58.3 Å². The molecule has 7 heteroatoms. The van der Waals surface area contributed by atoms with Crippen LogP contribution in [0.4, 0.5) is 5.13 Å². The Labute approximate surface area is 175 Å². The molecule has 1 amide bonds. The number of carbonyl (C=O) groups excluding carboxylic acids is 1. The topological polar surface area (TPSA) is 54.9 Å². The Balaban J connectivity index is 1.96. The number of para-hydroxylation sites is 1. The Hall–Kier alpha value is -2.64. The molecule has 3 aromatic rings. The number of aromatic nitrogens is 1. The summed E-state index contributed by atoms with van der Waals surface area (Å²) in [6, 6.07) is 13.3. The van der Waals surface area contributed by atoms with Gasteiger partial charge >= 0.3 is 0 Å². The molecule has 0 unspecified atom stereocenters. The minimum atomic E-state index is -0.102. The summed E-state index contributed by atoms with van der Waals surface area (Å²) in [5.41, 5.74) is 1.45. The van der Waals surface area contributed by atoms with E-state index in [4.69, 9.17) is 14.5 Å². The van der Waals surface area contributed by atoms with E-state index in [1.54, 1.807) is 23.1 Å². The molecule has 1 aromatic heterocycles. The molecule has 3 rings (SSSR count). The number of likely N-dealkylation sites (N-methyl/N-ethyl adjacent to an activating group) is 1. The molecule has 0 aliphatic rings. The Bertz CT molecular complexity index is 938. The maximum absolute atomic E-state index is 13.4. The number of amides is 1. The molecule has 0 saturated carbocycles. The summed E-state index contributed by atoms with van der Waals surface area (Å²) in [7, 11) is 3.98. The molecule has 0 aliphatic carbocycles. The zero-order valence-corrected chi connectivity index (χ0v) is 18.2. The Morgan fingerprint density at radius 2 is 1.72 bits per heavy atom. The molecule has 0 aliphatic heterocycles. The molecule has 0 spiro atoms. The lowest BCUT2D eigenvalue weighted by Gasteiger charge is -2.22. The van der Waals surface area contributed by atoms with Crippen LogP contribution in [0.2, 0.25) is 0 Å². The van der Waals surface area contributed by atoms with Crippen molar-refractivity contribution in [2.24, 2.45) is 0 Å². The van der Waals surface area contributed by atoms with Gasteiger partial charge in [0.15, 0.2) is 16.6 Å². The first kappa shape index (κ1) is 21.1. The van der Waals surface area contributed by atoms with Gasteiger partial charge in [-0.3, -0.25) is 9.69 Å². The van der Waals surface area contributed by atoms with Crippen LogP contribution in [0, 0.1) is 0 Å². The minimum Gasteiger partial charge on any atom is -0.490 e. The van der Waals surface area contributed by atoms with Gasteiger partial charge < -0.3 is 14.4 Å². The average Bonchev–Trinajstić information content (AvgIpc) is 3.13. The number of nitrogens with zero attached hydrogens (tertiary/aromatic N) is 3. The lowest BCUT2D eigenvalue weighted by molar-refractivity contribution is 0.0984. The third kappa shape index (κ3) is 5.05. The van der Waals surface area contributed by atoms with E-state index in [9.17, 15) is 4.79 Å². The Morgan fingerprint density at radius 3 is 2.41 bits per heavy atom. The second-order valence-electron chi connectivity index (χ2n) is 6.75. The van der Waals surface area contributed by atoms with Crippen LogP contribution in [0.15, 0.2) is 42.5 Å². The van der Waals surface area contributed by atoms with E-state index in [2.05, 4.69) is 4.90 Å². The molecule has 0 bridgehead atoms. The summed E-state index contributed by atoms with van der Waals surface area (Å²) in [5, 5.41) is 0.699. The van der Waals surface area contributed by atoms with E-state index in [1.807, 2.05) is 52.2 Å². The highest BCUT2D eigenvalue weighted by atomic mass is 32.1. The molecule has 0 N–H and O–H groups in total. The molecule has 0 fully saturated rings. The first-order valence-corrected chi connectivity index (χ1v) is 10.6. The van der Waals surface area contributed by atoms with Gasteiger partial charge in [0.25, 0.3) is 5.91 Å². The molecule has 29 heavy (non-hydrogen) atoms. The van der Waals surface area contributed by atoms with Crippen LogP contribution in [0.5, 0.6) is 11.5 Å². The fraction of sp³-hybridized carbons (Fsp3) is 0.364. The van der Waals surface area contributed by atoms with Crippen molar-refractivity contribution in [3.8, 4) is 11.5 Å². The van der Waals surface area contributed by atoms with E-state index in [-0.39, 0.29) is 5.91 Å². The predicted molar refractivity (Wildman–Crippen MR) is 119 cm³/mol. The van der Waals surface area contributed by atoms with Gasteiger partial charge in [0.05, 0.1) is 23.4 Å². The monoisotopic (exact) mass is 413 g/mol. The quantitative estimate of drug-likeness (QED) is 0.523. The van der Waals surface area contributed by atoms with Crippen molar-refractivity contribution in [1.82, 2.24) is 9.88 Å². The fourth-order valence-electron chi connectivity index (χ4n) is 2.90. The van der Waals surface area contributed by atoms with Crippen molar-refractivity contribution in [2.75, 3.05) is 45.3 Å². The fourth-order valence-corrected chi connectivity index (χ4v) is 3.89. The highest BCUT2D eigenvalue weighted by molar-refractivity contribution is 7.22. The Morgan fingerprint density at radius 1 is 1.00 bits per heavy atom. The first-order chi connectivity index (χ1) is 14.0. The zero-order valence-electron chi connectivity index (χ0n) is 17.3. The summed E-state index contributed by atoms with van der Waals surface area (Å²) in [6.45, 7) is 6.15. The van der Waals surface area contributed by atoms with E-state index < -0.39 is 0 Å². The summed E-state index contributed by atoms with van der Waals surface area (Å²) in [5.74, 6) is 1.12. The van der Waals surface area contributed by atoms with Crippen LogP contribution in [0.1, 0.15) is 24.2 Å². The summed E-state index contributed by atoms with van der Waals surface area (Å²) in [6.07, 6.45) is 0. The molecular formula is C22H27N3O3S. The molecule has 1 heterocycles. The molecular weight excluding hydrogens is 386 g/mol. The van der Waals surface area contributed by atoms with Crippen molar-refractivity contribution in [1.29, 1.82) is 0 Å². The SMILES string of the molecule is CCOc1ccc(C(=O)N(CCN(C)C)c2nc3ccccc3s2)cc1OCC. The number of anilines is 1. The third-order valence-electron chi connectivity index (χ3n) is 4.32. The summed E-state index contributed by atoms with van der Waals surface area (Å²) in [4.78, 5) is 21.9. The number of fused-ring (bicyclic) bond motifs is 1. The van der Waals surface area contributed by atoms with Crippen molar-refractivity contribution in [3.05, 3.63) is 48.0 Å². The van der Waals surface area contributed by atoms with Crippen LogP contribution in [-0.4, -0.2) is 56.2 Å². The van der Waals surface area contributed by atoms with E-state index in [1.165, 1.54) is 11.3 Å². The standard InChI is InChI=1S/C22H27N3O3S/c1-5-27-18-12-11-16(15-19(18)28-6-2)21(26)25(14-13-24(3)4)22-23-17-9-7-8-10-20(17)29-22/h7-12,15H,5-6,13-14H2,1-4H3. The number of thiazole rings is 1. The van der Waals surface area contributed by atoms with Crippen LogP contribution < -0.4 is 14.4 Å². The summed E-state index contributed by atoms with van der Waals surface area (Å²) < 4.78 is 12.4. The predicted octanol–water partition coefficient (Wildman–Crippen LogP) is 4.30. The van der Waals surface area contributed by atoms with Gasteiger partial charge in [0.2, 0.25) is 0 Å². The van der Waals surface area contributed by atoms with Crippen LogP contribution >= 0.6 is 11.3 Å². The van der Waals surface area contributed by atoms with Crippen molar-refractivity contribution in [2.45, 2.75) is 13.8 Å². The Kier molecular flexibility index (Phi) is 7.06. The number of carbonyl (C=O) groups is 1. The number of ether oxygens (including phenoxy) is 2. The lowest BCUT2D eigenvalue weighted by Crippen LogP contribution is -2.36. The highest BCUT2D eigenvalue weighted by Crippen LogP contribution is 2.32. The average molecular weight is 414 g/mol. The maximum Gasteiger partial charge on any atom is 0.260 e. The molecule has 0 radical (unpaired) electrons. The smallest absolute Gasteiger partial charge is 0.260 e. The molecule has 154 valence electrons. The van der Waals surface area contributed by atoms with Crippen LogP contribution in [0.3, 0.4) is 0 Å². The van der Waals surface area contributed by atoms with Crippen LogP contribution in [-0.2, 0) is 0 Å². The van der Waals surface area contributed by atoms with Crippen molar-refractivity contribution < 1.29 is 14.3 Å². The van der Waals surface area contributed by atoms with E-state index in [0.717, 1.165) is 16.8 Å². The lowest BCUT2D eigenvalue weighted by atomic mass is 10.1. The first-order valence-electron chi connectivity index (χ1n) is 9.75. The maximum atomic E-state index is 13.4. The van der Waals surface area contributed by atoms with Crippen LogP contribution in [0.25, 0.3) is 10.2 Å². The molecule has 2 aromatic carbocycles. The second-order valence-corrected chi connectivity index (χ2v) is 7.76. The van der Waals surface area contributed by atoms with E-state index in [0.29, 0.717) is 42.0 Å². The van der Waals surface area contributed by atoms with Gasteiger partial charge in [-0.25, -0.2) is 4.98 Å². The summed E-state index contributed by atoms with van der Waals surface area (Å²) >= 11 is 1.53. The van der Waals surface area contributed by atoms with Gasteiger partial charge in [-0.1, -0.05) is 23.5 Å². The van der Waals surface area contributed by atoms with Crippen molar-refractivity contribution in [3.63, 3.8) is 0 Å². The van der Waals surface area contributed by atoms with Gasteiger partial charge in [0.1, 0.15) is 0 Å². The normalized spacial score (nSPS) is 11.1. The number of hydrogen-bond acceptors (Lipinski definition) is 6. The van der Waals surface area contributed by atoms with E-state index >= 15 is 0 Å².